The van der Waals surface area contributed by atoms with Crippen LogP contribution >= 0.6 is 0 Å². The Morgan fingerprint density at radius 1 is 1.20 bits per heavy atom. The van der Waals surface area contributed by atoms with E-state index in [4.69, 9.17) is 4.74 Å². The van der Waals surface area contributed by atoms with Crippen molar-refractivity contribution in [3.05, 3.63) is 0 Å². The first-order valence-electron chi connectivity index (χ1n) is 6.43. The summed E-state index contributed by atoms with van der Waals surface area (Å²) in [5, 5.41) is 3.62. The fourth-order valence-electron chi connectivity index (χ4n) is 2.60. The van der Waals surface area contributed by atoms with Crippen molar-refractivity contribution >= 4 is 0 Å². The van der Waals surface area contributed by atoms with Crippen molar-refractivity contribution in [3.8, 4) is 0 Å². The Morgan fingerprint density at radius 3 is 2.47 bits per heavy atom. The first-order valence-corrected chi connectivity index (χ1v) is 6.43. The van der Waals surface area contributed by atoms with E-state index >= 15 is 0 Å². The van der Waals surface area contributed by atoms with Crippen molar-refractivity contribution in [2.75, 3.05) is 13.2 Å². The zero-order valence-corrected chi connectivity index (χ0v) is 10.4. The van der Waals surface area contributed by atoms with Crippen LogP contribution in [0.25, 0.3) is 0 Å². The fourth-order valence-corrected chi connectivity index (χ4v) is 2.60. The van der Waals surface area contributed by atoms with Gasteiger partial charge in [-0.3, -0.25) is 0 Å². The highest BCUT2D eigenvalue weighted by Gasteiger charge is 2.37. The Labute approximate surface area is 93.8 Å². The summed E-state index contributed by atoms with van der Waals surface area (Å²) in [6, 6.07) is 0. The zero-order valence-electron chi connectivity index (χ0n) is 10.4. The average molecular weight is 211 g/mol. The Balaban J connectivity index is 1.80. The molecular formula is C13H25NO. The molecule has 0 spiro atoms. The molecule has 15 heavy (non-hydrogen) atoms. The molecule has 1 N–H and O–H groups in total. The van der Waals surface area contributed by atoms with Crippen molar-refractivity contribution < 1.29 is 4.74 Å². The zero-order chi connectivity index (χ0) is 10.9. The van der Waals surface area contributed by atoms with E-state index in [-0.39, 0.29) is 5.54 Å². The number of rotatable bonds is 3. The monoisotopic (exact) mass is 211 g/mol. The van der Waals surface area contributed by atoms with Gasteiger partial charge in [-0.15, -0.1) is 0 Å². The normalized spacial score (nSPS) is 33.0. The van der Waals surface area contributed by atoms with Crippen LogP contribution in [-0.4, -0.2) is 24.8 Å². The Morgan fingerprint density at radius 2 is 1.93 bits per heavy atom. The lowest BCUT2D eigenvalue weighted by molar-refractivity contribution is 0.00940. The van der Waals surface area contributed by atoms with Gasteiger partial charge < -0.3 is 10.1 Å². The summed E-state index contributed by atoms with van der Waals surface area (Å²) in [6.45, 7) is 8.83. The quantitative estimate of drug-likeness (QED) is 0.774. The molecule has 2 unspecified atom stereocenters. The molecule has 2 fully saturated rings. The second kappa shape index (κ2) is 4.42. The van der Waals surface area contributed by atoms with Gasteiger partial charge in [0.15, 0.2) is 0 Å². The third kappa shape index (κ3) is 2.94. The van der Waals surface area contributed by atoms with Crippen LogP contribution in [0, 0.1) is 11.8 Å². The molecule has 0 aromatic heterocycles. The highest BCUT2D eigenvalue weighted by atomic mass is 16.5. The first kappa shape index (κ1) is 11.4. The van der Waals surface area contributed by atoms with Crippen molar-refractivity contribution in [3.63, 3.8) is 0 Å². The van der Waals surface area contributed by atoms with E-state index in [1.54, 1.807) is 0 Å². The van der Waals surface area contributed by atoms with E-state index in [1.807, 2.05) is 0 Å². The summed E-state index contributed by atoms with van der Waals surface area (Å²) in [6.07, 6.45) is 6.04. The van der Waals surface area contributed by atoms with Crippen LogP contribution in [0.3, 0.4) is 0 Å². The summed E-state index contributed by atoms with van der Waals surface area (Å²) < 4.78 is 5.89. The molecule has 1 aliphatic carbocycles. The van der Waals surface area contributed by atoms with Gasteiger partial charge in [-0.25, -0.2) is 0 Å². The molecule has 1 heterocycles. The maximum absolute atomic E-state index is 5.89. The standard InChI is InChI=1S/C13H25NO/c1-13(2,3)14-9-11-7-8-15-12(11)10-5-4-6-10/h10-12,14H,4-9H2,1-3H3. The van der Waals surface area contributed by atoms with Crippen molar-refractivity contribution in [1.29, 1.82) is 0 Å². The van der Waals surface area contributed by atoms with Gasteiger partial charge in [-0.05, 0) is 46.0 Å². The highest BCUT2D eigenvalue weighted by Crippen LogP contribution is 2.38. The maximum Gasteiger partial charge on any atom is 0.0644 e. The summed E-state index contributed by atoms with van der Waals surface area (Å²) in [4.78, 5) is 0. The molecule has 2 nitrogen and oxygen atoms in total. The predicted molar refractivity (Wildman–Crippen MR) is 62.9 cm³/mol. The van der Waals surface area contributed by atoms with E-state index in [9.17, 15) is 0 Å². The van der Waals surface area contributed by atoms with Gasteiger partial charge in [0.2, 0.25) is 0 Å². The van der Waals surface area contributed by atoms with Crippen LogP contribution in [0.4, 0.5) is 0 Å². The van der Waals surface area contributed by atoms with Gasteiger partial charge in [-0.1, -0.05) is 6.42 Å². The van der Waals surface area contributed by atoms with Crippen molar-refractivity contribution in [2.45, 2.75) is 58.1 Å². The van der Waals surface area contributed by atoms with E-state index in [0.717, 1.165) is 25.0 Å². The van der Waals surface area contributed by atoms with Crippen molar-refractivity contribution in [1.82, 2.24) is 5.32 Å². The minimum Gasteiger partial charge on any atom is -0.378 e. The molecule has 0 aromatic rings. The van der Waals surface area contributed by atoms with Crippen LogP contribution in [-0.2, 0) is 4.74 Å². The summed E-state index contributed by atoms with van der Waals surface area (Å²) in [5.41, 5.74) is 0.243. The molecule has 0 amide bonds. The van der Waals surface area contributed by atoms with Gasteiger partial charge in [-0.2, -0.15) is 0 Å². The van der Waals surface area contributed by atoms with Gasteiger partial charge in [0.25, 0.3) is 0 Å². The second-order valence-corrected chi connectivity index (χ2v) is 6.21. The van der Waals surface area contributed by atoms with E-state index in [2.05, 4.69) is 26.1 Å². The fraction of sp³-hybridized carbons (Fsp3) is 1.00. The molecule has 0 aromatic carbocycles. The minimum absolute atomic E-state index is 0.243. The lowest BCUT2D eigenvalue weighted by Gasteiger charge is -2.35. The Bertz CT molecular complexity index is 205. The van der Waals surface area contributed by atoms with E-state index in [1.165, 1.54) is 25.7 Å². The van der Waals surface area contributed by atoms with Gasteiger partial charge >= 0.3 is 0 Å². The average Bonchev–Trinajstić information content (AvgIpc) is 2.44. The molecule has 1 saturated heterocycles. The summed E-state index contributed by atoms with van der Waals surface area (Å²) in [5.74, 6) is 1.63. The molecule has 2 aliphatic rings. The largest absolute Gasteiger partial charge is 0.378 e. The molecule has 1 aliphatic heterocycles. The number of hydrogen-bond acceptors (Lipinski definition) is 2. The molecule has 0 bridgehead atoms. The topological polar surface area (TPSA) is 21.3 Å². The lowest BCUT2D eigenvalue weighted by atomic mass is 9.76. The van der Waals surface area contributed by atoms with Crippen molar-refractivity contribution in [2.24, 2.45) is 11.8 Å². The van der Waals surface area contributed by atoms with Crippen LogP contribution < -0.4 is 5.32 Å². The van der Waals surface area contributed by atoms with Gasteiger partial charge in [0.1, 0.15) is 0 Å². The molecule has 2 rings (SSSR count). The predicted octanol–water partition coefficient (Wildman–Crippen LogP) is 2.58. The lowest BCUT2D eigenvalue weighted by Crippen LogP contribution is -2.43. The minimum atomic E-state index is 0.243. The number of nitrogens with one attached hydrogen (secondary N) is 1. The van der Waals surface area contributed by atoms with Gasteiger partial charge in [0.05, 0.1) is 6.10 Å². The summed E-state index contributed by atoms with van der Waals surface area (Å²) in [7, 11) is 0. The maximum atomic E-state index is 5.89. The first-order chi connectivity index (χ1) is 7.06. The summed E-state index contributed by atoms with van der Waals surface area (Å²) >= 11 is 0. The van der Waals surface area contributed by atoms with Crippen LogP contribution in [0.5, 0.6) is 0 Å². The third-order valence-electron chi connectivity index (χ3n) is 3.77. The molecule has 2 heteroatoms. The smallest absolute Gasteiger partial charge is 0.0644 e. The SMILES string of the molecule is CC(C)(C)NCC1CCOC1C1CCC1. The molecule has 88 valence electrons. The van der Waals surface area contributed by atoms with Gasteiger partial charge in [0, 0.05) is 24.6 Å². The number of hydrogen-bond donors (Lipinski definition) is 1. The highest BCUT2D eigenvalue weighted by molar-refractivity contribution is 4.88. The third-order valence-corrected chi connectivity index (χ3v) is 3.77. The van der Waals surface area contributed by atoms with E-state index in [0.29, 0.717) is 6.10 Å². The van der Waals surface area contributed by atoms with Crippen LogP contribution in [0.1, 0.15) is 46.5 Å². The van der Waals surface area contributed by atoms with Crippen LogP contribution in [0.2, 0.25) is 0 Å². The van der Waals surface area contributed by atoms with E-state index < -0.39 is 0 Å². The Hall–Kier alpha value is -0.0800. The molecule has 0 radical (unpaired) electrons. The molecular weight excluding hydrogens is 186 g/mol. The Kier molecular flexibility index (Phi) is 3.36. The number of ether oxygens (including phenoxy) is 1. The molecule has 2 atom stereocenters. The molecule has 1 saturated carbocycles. The second-order valence-electron chi connectivity index (χ2n) is 6.21. The van der Waals surface area contributed by atoms with Crippen LogP contribution in [0.15, 0.2) is 0 Å².